The van der Waals surface area contributed by atoms with E-state index in [1.807, 2.05) is 36.5 Å². The molecule has 0 aliphatic heterocycles. The van der Waals surface area contributed by atoms with E-state index in [1.54, 1.807) is 6.07 Å². The van der Waals surface area contributed by atoms with Gasteiger partial charge in [0.25, 0.3) is 5.56 Å². The Morgan fingerprint density at radius 3 is 2.68 bits per heavy atom. The number of nitrogens with zero attached hydrogens (tertiary/aromatic N) is 2. The van der Waals surface area contributed by atoms with Gasteiger partial charge in [-0.15, -0.1) is 0 Å². The zero-order chi connectivity index (χ0) is 13.4. The summed E-state index contributed by atoms with van der Waals surface area (Å²) in [5.41, 5.74) is 3.34. The molecule has 2 aromatic heterocycles. The van der Waals surface area contributed by atoms with Crippen molar-refractivity contribution in [2.24, 2.45) is 0 Å². The number of nitrogens with one attached hydrogen (secondary N) is 1. The van der Waals surface area contributed by atoms with E-state index in [0.717, 1.165) is 11.1 Å². The topological polar surface area (TPSA) is 50.2 Å². The molecule has 0 saturated heterocycles. The van der Waals surface area contributed by atoms with Crippen LogP contribution in [-0.2, 0) is 0 Å². The van der Waals surface area contributed by atoms with E-state index in [9.17, 15) is 4.79 Å². The van der Waals surface area contributed by atoms with Crippen molar-refractivity contribution in [3.63, 3.8) is 0 Å². The molecule has 19 heavy (non-hydrogen) atoms. The van der Waals surface area contributed by atoms with Crippen molar-refractivity contribution in [2.75, 3.05) is 0 Å². The first-order chi connectivity index (χ1) is 9.16. The monoisotopic (exact) mass is 255 g/mol. The van der Waals surface area contributed by atoms with Gasteiger partial charge in [0.05, 0.1) is 5.69 Å². The molecule has 0 amide bonds. The number of fused-ring (bicyclic) bond motifs is 1. The molecule has 0 bridgehead atoms. The maximum Gasteiger partial charge on any atom is 0.273 e. The number of aromatic nitrogens is 3. The van der Waals surface area contributed by atoms with E-state index in [0.29, 0.717) is 17.3 Å². The summed E-state index contributed by atoms with van der Waals surface area (Å²) in [5.74, 6) is 0.319. The van der Waals surface area contributed by atoms with Crippen LogP contribution in [0.3, 0.4) is 0 Å². The van der Waals surface area contributed by atoms with Crippen LogP contribution in [0.15, 0.2) is 47.4 Å². The van der Waals surface area contributed by atoms with Crippen molar-refractivity contribution in [1.29, 1.82) is 0 Å². The summed E-state index contributed by atoms with van der Waals surface area (Å²) in [5, 5.41) is 2.96. The highest BCUT2D eigenvalue weighted by molar-refractivity contribution is 5.62. The van der Waals surface area contributed by atoms with Gasteiger partial charge in [0.15, 0.2) is 5.65 Å². The summed E-state index contributed by atoms with van der Waals surface area (Å²) >= 11 is 0. The Hall–Kier alpha value is -2.36. The minimum Gasteiger partial charge on any atom is -0.297 e. The van der Waals surface area contributed by atoms with Crippen LogP contribution in [0.1, 0.15) is 26.8 Å². The molecule has 0 fully saturated rings. The fourth-order valence-electron chi connectivity index (χ4n) is 2.18. The Kier molecular flexibility index (Phi) is 2.71. The highest BCUT2D eigenvalue weighted by atomic mass is 16.1. The van der Waals surface area contributed by atoms with E-state index < -0.39 is 0 Å². The Morgan fingerprint density at radius 1 is 1.26 bits per heavy atom. The van der Waals surface area contributed by atoms with Crippen molar-refractivity contribution < 1.29 is 1.43 Å². The third-order valence-corrected chi connectivity index (χ3v) is 3.22. The summed E-state index contributed by atoms with van der Waals surface area (Å²) in [6.07, 6.45) is 1.85. The van der Waals surface area contributed by atoms with Crippen LogP contribution < -0.4 is 5.56 Å². The van der Waals surface area contributed by atoms with Gasteiger partial charge in [0.1, 0.15) is 0 Å². The third kappa shape index (κ3) is 1.95. The second-order valence-corrected chi connectivity index (χ2v) is 4.89. The first-order valence-electron chi connectivity index (χ1n) is 6.33. The quantitative estimate of drug-likeness (QED) is 0.765. The van der Waals surface area contributed by atoms with Crippen LogP contribution in [0, 0.1) is 0 Å². The summed E-state index contributed by atoms with van der Waals surface area (Å²) in [7, 11) is 0. The number of H-pyrrole nitrogens is 1. The lowest BCUT2D eigenvalue weighted by molar-refractivity contribution is 0.870. The summed E-state index contributed by atoms with van der Waals surface area (Å²) < 4.78 is 1.49. The maximum atomic E-state index is 12.1. The van der Waals surface area contributed by atoms with Gasteiger partial charge >= 0.3 is 0 Å². The molecule has 2 heterocycles. The van der Waals surface area contributed by atoms with Crippen LogP contribution in [0.2, 0.25) is 0 Å². The SMILES string of the molecule is CC(C)c1c[nH]n2c(=O)cc(-c3ccccc3)nc12.[HH]. The zero-order valence-electron chi connectivity index (χ0n) is 10.9. The molecule has 4 heteroatoms. The number of benzene rings is 1. The van der Waals surface area contributed by atoms with E-state index in [4.69, 9.17) is 0 Å². The second kappa shape index (κ2) is 4.39. The molecule has 0 spiro atoms. The van der Waals surface area contributed by atoms with Gasteiger partial charge in [0, 0.05) is 24.8 Å². The lowest BCUT2D eigenvalue weighted by Crippen LogP contribution is -2.14. The second-order valence-electron chi connectivity index (χ2n) is 4.89. The van der Waals surface area contributed by atoms with Crippen LogP contribution in [0.25, 0.3) is 16.9 Å². The van der Waals surface area contributed by atoms with E-state index in [-0.39, 0.29) is 6.99 Å². The smallest absolute Gasteiger partial charge is 0.273 e. The molecular weight excluding hydrogens is 238 g/mol. The minimum atomic E-state index is -0.0873. The van der Waals surface area contributed by atoms with Crippen LogP contribution in [0.4, 0.5) is 0 Å². The molecule has 4 nitrogen and oxygen atoms in total. The Balaban J connectivity index is 0.00000147. The Labute approximate surface area is 112 Å². The largest absolute Gasteiger partial charge is 0.297 e. The summed E-state index contributed by atoms with van der Waals surface area (Å²) in [6.45, 7) is 4.18. The van der Waals surface area contributed by atoms with Crippen molar-refractivity contribution in [3.05, 3.63) is 58.5 Å². The summed E-state index contributed by atoms with van der Waals surface area (Å²) in [6, 6.07) is 11.3. The molecule has 0 radical (unpaired) electrons. The number of hydrogen-bond acceptors (Lipinski definition) is 2. The van der Waals surface area contributed by atoms with Crippen molar-refractivity contribution >= 4 is 5.65 Å². The molecular formula is C15H17N3O. The van der Waals surface area contributed by atoms with Crippen molar-refractivity contribution in [3.8, 4) is 11.3 Å². The van der Waals surface area contributed by atoms with Gasteiger partial charge in [0.2, 0.25) is 0 Å². The first-order valence-corrected chi connectivity index (χ1v) is 6.33. The van der Waals surface area contributed by atoms with Crippen molar-refractivity contribution in [2.45, 2.75) is 19.8 Å². The van der Waals surface area contributed by atoms with Gasteiger partial charge in [-0.05, 0) is 5.92 Å². The molecule has 0 aliphatic rings. The predicted octanol–water partition coefficient (Wildman–Crippen LogP) is 3.06. The Bertz CT molecular complexity index is 775. The van der Waals surface area contributed by atoms with E-state index >= 15 is 0 Å². The summed E-state index contributed by atoms with van der Waals surface area (Å²) in [4.78, 5) is 16.7. The molecule has 1 aromatic carbocycles. The van der Waals surface area contributed by atoms with Crippen LogP contribution in [-0.4, -0.2) is 14.6 Å². The predicted molar refractivity (Wildman–Crippen MR) is 77.5 cm³/mol. The van der Waals surface area contributed by atoms with Gasteiger partial charge in [-0.2, -0.15) is 0 Å². The molecule has 3 aromatic rings. The van der Waals surface area contributed by atoms with Gasteiger partial charge in [-0.25, -0.2) is 9.50 Å². The highest BCUT2D eigenvalue weighted by Gasteiger charge is 2.12. The number of aromatic amines is 1. The lowest BCUT2D eigenvalue weighted by atomic mass is 10.1. The maximum absolute atomic E-state index is 12.1. The standard InChI is InChI=1S/C15H15N3O.H2/c1-10(2)12-9-16-18-14(19)8-13(17-15(12)18)11-6-4-3-5-7-11;/h3-10,16H,1-2H3;1H. The van der Waals surface area contributed by atoms with Crippen LogP contribution in [0.5, 0.6) is 0 Å². The highest BCUT2D eigenvalue weighted by Crippen LogP contribution is 2.20. The molecule has 0 aliphatic carbocycles. The molecule has 3 rings (SSSR count). The minimum absolute atomic E-state index is 0. The molecule has 1 N–H and O–H groups in total. The van der Waals surface area contributed by atoms with Crippen molar-refractivity contribution in [1.82, 2.24) is 14.6 Å². The average Bonchev–Trinajstić information content (AvgIpc) is 2.84. The number of rotatable bonds is 2. The fourth-order valence-corrected chi connectivity index (χ4v) is 2.18. The normalized spacial score (nSPS) is 11.3. The van der Waals surface area contributed by atoms with Crippen LogP contribution >= 0.6 is 0 Å². The van der Waals surface area contributed by atoms with E-state index in [1.165, 1.54) is 4.52 Å². The van der Waals surface area contributed by atoms with Gasteiger partial charge in [-0.3, -0.25) is 9.89 Å². The fraction of sp³-hybridized carbons (Fsp3) is 0.200. The molecule has 0 saturated carbocycles. The third-order valence-electron chi connectivity index (χ3n) is 3.22. The zero-order valence-corrected chi connectivity index (χ0v) is 10.9. The molecule has 98 valence electrons. The van der Waals surface area contributed by atoms with Gasteiger partial charge in [-0.1, -0.05) is 44.2 Å². The van der Waals surface area contributed by atoms with E-state index in [2.05, 4.69) is 23.9 Å². The number of hydrogen-bond donors (Lipinski definition) is 1. The molecule has 0 unspecified atom stereocenters. The lowest BCUT2D eigenvalue weighted by Gasteiger charge is -2.04. The first kappa shape index (κ1) is 11.7. The average molecular weight is 255 g/mol. The van der Waals surface area contributed by atoms with Gasteiger partial charge < -0.3 is 0 Å². The Morgan fingerprint density at radius 2 is 2.00 bits per heavy atom. The molecule has 0 atom stereocenters.